The Bertz CT molecular complexity index is 422. The summed E-state index contributed by atoms with van der Waals surface area (Å²) >= 11 is 0. The summed E-state index contributed by atoms with van der Waals surface area (Å²) in [5, 5.41) is 3.12. The zero-order chi connectivity index (χ0) is 15.0. The molecular weight excluding hydrogens is 254 g/mol. The van der Waals surface area contributed by atoms with E-state index >= 15 is 0 Å². The van der Waals surface area contributed by atoms with Crippen LogP contribution >= 0.6 is 0 Å². The van der Waals surface area contributed by atoms with Crippen LogP contribution < -0.4 is 15.8 Å². The second-order valence-electron chi connectivity index (χ2n) is 5.56. The van der Waals surface area contributed by atoms with E-state index in [2.05, 4.69) is 10.3 Å². The molecule has 0 atom stereocenters. The van der Waals surface area contributed by atoms with E-state index in [4.69, 9.17) is 15.2 Å². The van der Waals surface area contributed by atoms with Gasteiger partial charge >= 0.3 is 0 Å². The maximum absolute atomic E-state index is 5.82. The van der Waals surface area contributed by atoms with Crippen molar-refractivity contribution in [1.82, 2.24) is 5.32 Å². The van der Waals surface area contributed by atoms with Crippen molar-refractivity contribution < 1.29 is 9.47 Å². The number of nitrogens with one attached hydrogen (secondary N) is 1. The van der Waals surface area contributed by atoms with Gasteiger partial charge in [-0.1, -0.05) is 12.1 Å². The Morgan fingerprint density at radius 3 is 2.40 bits per heavy atom. The van der Waals surface area contributed by atoms with Crippen LogP contribution in [0.3, 0.4) is 0 Å². The van der Waals surface area contributed by atoms with Gasteiger partial charge in [0, 0.05) is 12.6 Å². The molecule has 0 bridgehead atoms. The van der Waals surface area contributed by atoms with E-state index in [0.717, 1.165) is 11.3 Å². The van der Waals surface area contributed by atoms with Gasteiger partial charge in [0.1, 0.15) is 12.4 Å². The van der Waals surface area contributed by atoms with Gasteiger partial charge in [-0.05, 0) is 38.5 Å². The molecule has 1 aromatic rings. The van der Waals surface area contributed by atoms with Gasteiger partial charge in [-0.2, -0.15) is 0 Å². The lowest BCUT2D eigenvalue weighted by atomic mass is 10.1. The molecule has 5 nitrogen and oxygen atoms in total. The molecule has 0 aliphatic heterocycles. The fourth-order valence-corrected chi connectivity index (χ4v) is 1.53. The molecule has 0 unspecified atom stereocenters. The third-order valence-corrected chi connectivity index (χ3v) is 2.41. The van der Waals surface area contributed by atoms with Gasteiger partial charge in [0.15, 0.2) is 5.96 Å². The van der Waals surface area contributed by atoms with Crippen LogP contribution in [0.15, 0.2) is 29.3 Å². The summed E-state index contributed by atoms with van der Waals surface area (Å²) in [6.45, 7) is 7.81. The van der Waals surface area contributed by atoms with Crippen LogP contribution in [0.5, 0.6) is 5.75 Å². The van der Waals surface area contributed by atoms with Crippen LogP contribution in [0, 0.1) is 0 Å². The van der Waals surface area contributed by atoms with Gasteiger partial charge in [0.05, 0.1) is 13.2 Å². The molecule has 0 aromatic heterocycles. The zero-order valence-corrected chi connectivity index (χ0v) is 12.8. The molecule has 0 fully saturated rings. The molecule has 20 heavy (non-hydrogen) atoms. The van der Waals surface area contributed by atoms with Crippen molar-refractivity contribution in [2.75, 3.05) is 20.3 Å². The van der Waals surface area contributed by atoms with Crippen molar-refractivity contribution in [2.24, 2.45) is 10.7 Å². The van der Waals surface area contributed by atoms with Crippen molar-refractivity contribution in [3.63, 3.8) is 0 Å². The predicted octanol–water partition coefficient (Wildman–Crippen LogP) is 1.91. The first-order valence-corrected chi connectivity index (χ1v) is 6.69. The van der Waals surface area contributed by atoms with Gasteiger partial charge in [0.2, 0.25) is 0 Å². The maximum atomic E-state index is 5.82. The van der Waals surface area contributed by atoms with Crippen molar-refractivity contribution in [3.05, 3.63) is 29.8 Å². The van der Waals surface area contributed by atoms with E-state index in [1.165, 1.54) is 0 Å². The Labute approximate surface area is 121 Å². The molecule has 0 aliphatic carbocycles. The molecular formula is C15H25N3O2. The van der Waals surface area contributed by atoms with Crippen molar-refractivity contribution >= 4 is 5.96 Å². The Morgan fingerprint density at radius 2 is 1.85 bits per heavy atom. The summed E-state index contributed by atoms with van der Waals surface area (Å²) < 4.78 is 10.4. The Morgan fingerprint density at radius 1 is 1.20 bits per heavy atom. The van der Waals surface area contributed by atoms with Crippen LogP contribution in [0.2, 0.25) is 0 Å². The summed E-state index contributed by atoms with van der Waals surface area (Å²) in [5.74, 6) is 1.29. The number of ether oxygens (including phenoxy) is 2. The fourth-order valence-electron chi connectivity index (χ4n) is 1.53. The lowest BCUT2D eigenvalue weighted by molar-refractivity contribution is 0.146. The molecule has 112 valence electrons. The van der Waals surface area contributed by atoms with Crippen LogP contribution in [0.4, 0.5) is 0 Å². The Hall–Kier alpha value is -1.75. The minimum absolute atomic E-state index is 0.0768. The quantitative estimate of drug-likeness (QED) is 0.474. The number of rotatable bonds is 6. The highest BCUT2D eigenvalue weighted by Crippen LogP contribution is 2.12. The SMILES string of the molecule is COCCOc1ccc(CN=C(N)NC(C)(C)C)cc1. The van der Waals surface area contributed by atoms with E-state index in [1.54, 1.807) is 7.11 Å². The molecule has 0 spiro atoms. The minimum atomic E-state index is -0.0768. The summed E-state index contributed by atoms with van der Waals surface area (Å²) in [6.07, 6.45) is 0. The molecule has 5 heteroatoms. The zero-order valence-electron chi connectivity index (χ0n) is 12.8. The normalized spacial score (nSPS) is 12.3. The average molecular weight is 279 g/mol. The summed E-state index contributed by atoms with van der Waals surface area (Å²) in [7, 11) is 1.65. The summed E-state index contributed by atoms with van der Waals surface area (Å²) in [5.41, 5.74) is 6.83. The first-order chi connectivity index (χ1) is 9.40. The highest BCUT2D eigenvalue weighted by molar-refractivity contribution is 5.78. The monoisotopic (exact) mass is 279 g/mol. The molecule has 0 heterocycles. The largest absolute Gasteiger partial charge is 0.491 e. The van der Waals surface area contributed by atoms with Gasteiger partial charge in [-0.15, -0.1) is 0 Å². The molecule has 1 aromatic carbocycles. The maximum Gasteiger partial charge on any atom is 0.189 e. The number of hydrogen-bond donors (Lipinski definition) is 2. The second-order valence-corrected chi connectivity index (χ2v) is 5.56. The number of nitrogens with zero attached hydrogens (tertiary/aromatic N) is 1. The Balaban J connectivity index is 2.47. The van der Waals surface area contributed by atoms with E-state index < -0.39 is 0 Å². The van der Waals surface area contributed by atoms with Crippen LogP contribution in [-0.4, -0.2) is 31.8 Å². The first kappa shape index (κ1) is 16.3. The predicted molar refractivity (Wildman–Crippen MR) is 82.0 cm³/mol. The number of benzene rings is 1. The molecule has 0 saturated carbocycles. The smallest absolute Gasteiger partial charge is 0.189 e. The van der Waals surface area contributed by atoms with E-state index in [1.807, 2.05) is 45.0 Å². The van der Waals surface area contributed by atoms with Crippen LogP contribution in [-0.2, 0) is 11.3 Å². The second kappa shape index (κ2) is 7.75. The highest BCUT2D eigenvalue weighted by Gasteiger charge is 2.09. The number of methoxy groups -OCH3 is 1. The lowest BCUT2D eigenvalue weighted by Crippen LogP contribution is -2.44. The Kier molecular flexibility index (Phi) is 6.31. The molecule has 0 radical (unpaired) electrons. The van der Waals surface area contributed by atoms with Gasteiger partial charge in [0.25, 0.3) is 0 Å². The van der Waals surface area contributed by atoms with E-state index in [0.29, 0.717) is 25.7 Å². The summed E-state index contributed by atoms with van der Waals surface area (Å²) in [6, 6.07) is 7.81. The molecule has 0 saturated heterocycles. The molecule has 1 rings (SSSR count). The standard InChI is InChI=1S/C15H25N3O2/c1-15(2,3)18-14(16)17-11-12-5-7-13(8-6-12)20-10-9-19-4/h5-8H,9-11H2,1-4H3,(H3,16,17,18). The number of guanidine groups is 1. The number of aliphatic imine (C=N–C) groups is 1. The van der Waals surface area contributed by atoms with Crippen LogP contribution in [0.1, 0.15) is 26.3 Å². The molecule has 3 N–H and O–H groups in total. The third kappa shape index (κ3) is 6.99. The fraction of sp³-hybridized carbons (Fsp3) is 0.533. The molecule has 0 amide bonds. The number of nitrogens with two attached hydrogens (primary N) is 1. The topological polar surface area (TPSA) is 68.9 Å². The van der Waals surface area contributed by atoms with Crippen molar-refractivity contribution in [3.8, 4) is 5.75 Å². The first-order valence-electron chi connectivity index (χ1n) is 6.69. The van der Waals surface area contributed by atoms with Gasteiger partial charge in [-0.25, -0.2) is 4.99 Å². The van der Waals surface area contributed by atoms with Crippen molar-refractivity contribution in [1.29, 1.82) is 0 Å². The van der Waals surface area contributed by atoms with Crippen LogP contribution in [0.25, 0.3) is 0 Å². The number of hydrogen-bond acceptors (Lipinski definition) is 3. The summed E-state index contributed by atoms with van der Waals surface area (Å²) in [4.78, 5) is 4.31. The minimum Gasteiger partial charge on any atom is -0.491 e. The lowest BCUT2D eigenvalue weighted by Gasteiger charge is -2.20. The molecule has 0 aliphatic rings. The van der Waals surface area contributed by atoms with Gasteiger partial charge < -0.3 is 20.5 Å². The van der Waals surface area contributed by atoms with Gasteiger partial charge in [-0.3, -0.25) is 0 Å². The van der Waals surface area contributed by atoms with Crippen molar-refractivity contribution in [2.45, 2.75) is 32.9 Å². The highest BCUT2D eigenvalue weighted by atomic mass is 16.5. The van der Waals surface area contributed by atoms with E-state index in [9.17, 15) is 0 Å². The third-order valence-electron chi connectivity index (χ3n) is 2.41. The average Bonchev–Trinajstić information content (AvgIpc) is 2.36. The van der Waals surface area contributed by atoms with E-state index in [-0.39, 0.29) is 5.54 Å².